The van der Waals surface area contributed by atoms with Gasteiger partial charge in [-0.15, -0.1) is 0 Å². The Morgan fingerprint density at radius 2 is 1.79 bits per heavy atom. The standard InChI is InChI=1S/C15H23O3P/c1-7-18-12(16)10-11-14(5)9(3)8(2)13(10,4)15(14,6)19(11)17/h10-11,17H,7H2,1-6H3/t10-,11+,13+,14-,15?,19?/m1/s1. The second-order valence-electron chi connectivity index (χ2n) is 6.75. The summed E-state index contributed by atoms with van der Waals surface area (Å²) >= 11 is 0. The summed E-state index contributed by atoms with van der Waals surface area (Å²) < 4.78 is 5.30. The number of carbonyl (C=O) groups is 1. The lowest BCUT2D eigenvalue weighted by molar-refractivity contribution is -0.150. The number of allylic oxidation sites excluding steroid dienone is 2. The number of hydrogen-bond donors (Lipinski definition) is 1. The molecular weight excluding hydrogens is 259 g/mol. The Bertz CT molecular complexity index is 514. The Kier molecular flexibility index (Phi) is 2.45. The van der Waals surface area contributed by atoms with Crippen LogP contribution in [0.5, 0.6) is 0 Å². The normalized spacial score (nSPS) is 54.4. The van der Waals surface area contributed by atoms with Crippen LogP contribution >= 0.6 is 8.15 Å². The van der Waals surface area contributed by atoms with Gasteiger partial charge in [0.25, 0.3) is 0 Å². The van der Waals surface area contributed by atoms with E-state index in [1.807, 2.05) is 6.92 Å². The fourth-order valence-corrected chi connectivity index (χ4v) is 8.98. The summed E-state index contributed by atoms with van der Waals surface area (Å²) in [4.78, 5) is 23.1. The summed E-state index contributed by atoms with van der Waals surface area (Å²) in [5.74, 6) is -0.280. The predicted molar refractivity (Wildman–Crippen MR) is 76.0 cm³/mol. The molecule has 0 aromatic rings. The van der Waals surface area contributed by atoms with E-state index in [1.165, 1.54) is 11.1 Å². The highest BCUT2D eigenvalue weighted by Gasteiger charge is 2.89. The predicted octanol–water partition coefficient (Wildman–Crippen LogP) is 3.07. The van der Waals surface area contributed by atoms with Crippen molar-refractivity contribution in [1.82, 2.24) is 0 Å². The number of carbonyl (C=O) groups excluding carboxylic acids is 1. The lowest BCUT2D eigenvalue weighted by Gasteiger charge is -2.58. The third-order valence-corrected chi connectivity index (χ3v) is 10.1. The van der Waals surface area contributed by atoms with Crippen LogP contribution in [0.4, 0.5) is 0 Å². The van der Waals surface area contributed by atoms with Crippen LogP contribution in [0.1, 0.15) is 41.5 Å². The van der Waals surface area contributed by atoms with Crippen molar-refractivity contribution in [3.05, 3.63) is 11.1 Å². The zero-order valence-corrected chi connectivity index (χ0v) is 13.5. The molecule has 2 saturated heterocycles. The highest BCUT2D eigenvalue weighted by molar-refractivity contribution is 7.57. The Balaban J connectivity index is 2.17. The number of esters is 1. The molecule has 1 N–H and O–H groups in total. The van der Waals surface area contributed by atoms with E-state index in [4.69, 9.17) is 4.74 Å². The molecule has 2 heterocycles. The maximum Gasteiger partial charge on any atom is 0.310 e. The molecule has 0 aromatic heterocycles. The lowest BCUT2D eigenvalue weighted by atomic mass is 9.70. The Labute approximate surface area is 116 Å². The van der Waals surface area contributed by atoms with Gasteiger partial charge in [-0.25, -0.2) is 0 Å². The van der Waals surface area contributed by atoms with E-state index >= 15 is 0 Å². The quantitative estimate of drug-likeness (QED) is 0.481. The molecule has 4 aliphatic rings. The largest absolute Gasteiger partial charge is 0.466 e. The van der Waals surface area contributed by atoms with Crippen molar-refractivity contribution in [3.8, 4) is 0 Å². The minimum atomic E-state index is -1.10. The molecule has 4 heteroatoms. The van der Waals surface area contributed by atoms with Gasteiger partial charge in [0.2, 0.25) is 0 Å². The monoisotopic (exact) mass is 282 g/mol. The maximum absolute atomic E-state index is 12.4. The zero-order chi connectivity index (χ0) is 14.4. The van der Waals surface area contributed by atoms with Gasteiger partial charge in [0.05, 0.1) is 12.5 Å². The van der Waals surface area contributed by atoms with E-state index < -0.39 is 8.15 Å². The molecule has 19 heavy (non-hydrogen) atoms. The Hall–Kier alpha value is -0.400. The second kappa shape index (κ2) is 3.43. The van der Waals surface area contributed by atoms with Gasteiger partial charge in [-0.3, -0.25) is 4.79 Å². The van der Waals surface area contributed by atoms with E-state index in [0.29, 0.717) is 6.61 Å². The van der Waals surface area contributed by atoms with Gasteiger partial charge < -0.3 is 9.63 Å². The average molecular weight is 282 g/mol. The van der Waals surface area contributed by atoms with Crippen LogP contribution in [-0.2, 0) is 9.53 Å². The van der Waals surface area contributed by atoms with Crippen LogP contribution in [0.2, 0.25) is 0 Å². The van der Waals surface area contributed by atoms with Gasteiger partial charge in [-0.2, -0.15) is 0 Å². The minimum absolute atomic E-state index is 0.0241. The third-order valence-electron chi connectivity index (χ3n) is 6.93. The van der Waals surface area contributed by atoms with E-state index in [2.05, 4.69) is 34.6 Å². The van der Waals surface area contributed by atoms with Gasteiger partial charge in [0, 0.05) is 29.8 Å². The van der Waals surface area contributed by atoms with Crippen LogP contribution in [0.25, 0.3) is 0 Å². The van der Waals surface area contributed by atoms with Gasteiger partial charge in [-0.1, -0.05) is 31.9 Å². The molecule has 3 nitrogen and oxygen atoms in total. The van der Waals surface area contributed by atoms with Crippen molar-refractivity contribution in [2.75, 3.05) is 6.61 Å². The number of hydrogen-bond acceptors (Lipinski definition) is 3. The van der Waals surface area contributed by atoms with Crippen molar-refractivity contribution in [1.29, 1.82) is 0 Å². The van der Waals surface area contributed by atoms with Crippen LogP contribution in [0, 0.1) is 16.7 Å². The summed E-state index contributed by atoms with van der Waals surface area (Å²) in [5, 5.41) is -0.161. The second-order valence-corrected chi connectivity index (χ2v) is 8.89. The van der Waals surface area contributed by atoms with Crippen molar-refractivity contribution in [2.24, 2.45) is 16.7 Å². The summed E-state index contributed by atoms with van der Waals surface area (Å²) in [5.41, 5.74) is 2.51. The van der Waals surface area contributed by atoms with Gasteiger partial charge in [0.15, 0.2) is 0 Å². The smallest absolute Gasteiger partial charge is 0.310 e. The van der Waals surface area contributed by atoms with Crippen LogP contribution in [0.3, 0.4) is 0 Å². The Morgan fingerprint density at radius 3 is 2.26 bits per heavy atom. The molecule has 6 atom stereocenters. The molecule has 4 rings (SSSR count). The fourth-order valence-electron chi connectivity index (χ4n) is 5.41. The first-order valence-corrected chi connectivity index (χ1v) is 8.40. The fraction of sp³-hybridized carbons (Fsp3) is 0.800. The van der Waals surface area contributed by atoms with E-state index in [1.54, 1.807) is 0 Å². The van der Waals surface area contributed by atoms with Crippen LogP contribution in [-0.4, -0.2) is 28.3 Å². The van der Waals surface area contributed by atoms with E-state index in [-0.39, 0.29) is 33.5 Å². The molecule has 2 aliphatic carbocycles. The first kappa shape index (κ1) is 13.6. The topological polar surface area (TPSA) is 46.5 Å². The summed E-state index contributed by atoms with van der Waals surface area (Å²) in [6, 6.07) is 0. The summed E-state index contributed by atoms with van der Waals surface area (Å²) in [6.45, 7) is 13.1. The molecule has 2 unspecified atom stereocenters. The van der Waals surface area contributed by atoms with Crippen molar-refractivity contribution < 1.29 is 14.4 Å². The average Bonchev–Trinajstić information content (AvgIpc) is 2.71. The zero-order valence-electron chi connectivity index (χ0n) is 12.6. The molecule has 106 valence electrons. The summed E-state index contributed by atoms with van der Waals surface area (Å²) in [6.07, 6.45) is 0. The van der Waals surface area contributed by atoms with E-state index in [0.717, 1.165) is 0 Å². The number of rotatable bonds is 2. The highest BCUT2D eigenvalue weighted by atomic mass is 31.1. The molecule has 3 fully saturated rings. The molecular formula is C15H23O3P. The minimum Gasteiger partial charge on any atom is -0.466 e. The lowest BCUT2D eigenvalue weighted by Crippen LogP contribution is -2.55. The molecule has 0 aromatic carbocycles. The van der Waals surface area contributed by atoms with Gasteiger partial charge in [-0.05, 0) is 20.8 Å². The third kappa shape index (κ3) is 0.966. The van der Waals surface area contributed by atoms with Crippen molar-refractivity contribution in [2.45, 2.75) is 52.4 Å². The molecule has 4 bridgehead atoms. The van der Waals surface area contributed by atoms with Gasteiger partial charge in [0.1, 0.15) is 0 Å². The maximum atomic E-state index is 12.4. The SMILES string of the molecule is CCOC(=O)[C@H]1[C@@H]2P(O)C3(C)[C@@]1(C)C(C)=C(C)[C@]23C. The first-order chi connectivity index (χ1) is 8.70. The number of ether oxygens (including phenoxy) is 1. The molecule has 2 aliphatic heterocycles. The highest BCUT2D eigenvalue weighted by Crippen LogP contribution is 2.94. The molecule has 0 spiro atoms. The molecule has 0 radical (unpaired) electrons. The molecule has 0 amide bonds. The van der Waals surface area contributed by atoms with Crippen LogP contribution < -0.4 is 0 Å². The van der Waals surface area contributed by atoms with E-state index in [9.17, 15) is 9.69 Å². The van der Waals surface area contributed by atoms with Crippen LogP contribution in [0.15, 0.2) is 11.1 Å². The molecule has 1 saturated carbocycles. The van der Waals surface area contributed by atoms with Crippen molar-refractivity contribution in [3.63, 3.8) is 0 Å². The van der Waals surface area contributed by atoms with Crippen molar-refractivity contribution >= 4 is 14.1 Å². The first-order valence-electron chi connectivity index (χ1n) is 7.04. The van der Waals surface area contributed by atoms with Gasteiger partial charge >= 0.3 is 5.97 Å². The Morgan fingerprint density at radius 1 is 1.26 bits per heavy atom. The summed E-state index contributed by atoms with van der Waals surface area (Å²) in [7, 11) is -1.10.